The first kappa shape index (κ1) is 13.5. The summed E-state index contributed by atoms with van der Waals surface area (Å²) in [6.45, 7) is 6.00. The van der Waals surface area contributed by atoms with Crippen molar-refractivity contribution in [3.8, 4) is 0 Å². The summed E-state index contributed by atoms with van der Waals surface area (Å²) in [5, 5.41) is 2.93. The Morgan fingerprint density at radius 3 is 2.44 bits per heavy atom. The highest BCUT2D eigenvalue weighted by Gasteiger charge is 2.26. The van der Waals surface area contributed by atoms with E-state index in [1.807, 2.05) is 20.8 Å². The summed E-state index contributed by atoms with van der Waals surface area (Å²) in [4.78, 5) is 11.7. The maximum atomic E-state index is 11.7. The lowest BCUT2D eigenvalue weighted by atomic mass is 9.96. The van der Waals surface area contributed by atoms with Crippen LogP contribution in [0.3, 0.4) is 0 Å². The van der Waals surface area contributed by atoms with Gasteiger partial charge in [-0.1, -0.05) is 0 Å². The summed E-state index contributed by atoms with van der Waals surface area (Å²) < 4.78 is 10.9. The molecule has 1 saturated carbocycles. The molecule has 1 unspecified atom stereocenters. The van der Waals surface area contributed by atoms with Crippen molar-refractivity contribution in [2.24, 2.45) is 0 Å². The summed E-state index contributed by atoms with van der Waals surface area (Å²) >= 11 is 0. The van der Waals surface area contributed by atoms with Gasteiger partial charge in [-0.15, -0.1) is 0 Å². The highest BCUT2D eigenvalue weighted by atomic mass is 16.6. The Morgan fingerprint density at radius 2 is 2.06 bits per heavy atom. The molecule has 94 valence electrons. The van der Waals surface area contributed by atoms with Gasteiger partial charge in [-0.2, -0.15) is 0 Å². The molecule has 0 heterocycles. The van der Waals surface area contributed by atoms with Crippen molar-refractivity contribution >= 4 is 5.97 Å². The van der Waals surface area contributed by atoms with Crippen LogP contribution < -0.4 is 5.32 Å². The average molecular weight is 229 g/mol. The Bertz CT molecular complexity index is 231. The molecular weight excluding hydrogens is 206 g/mol. The standard InChI is InChI=1S/C12H23NO3/c1-12(2,3)16-11(14)10(13-4)8-15-9-6-5-7-9/h9-10,13H,5-8H2,1-4H3. The van der Waals surface area contributed by atoms with E-state index in [0.29, 0.717) is 12.7 Å². The zero-order valence-electron chi connectivity index (χ0n) is 10.7. The van der Waals surface area contributed by atoms with E-state index in [4.69, 9.17) is 9.47 Å². The van der Waals surface area contributed by atoms with Gasteiger partial charge in [0.1, 0.15) is 11.6 Å². The third-order valence-electron chi connectivity index (χ3n) is 2.59. The Hall–Kier alpha value is -0.610. The predicted octanol–water partition coefficient (Wildman–Crippen LogP) is 1.49. The molecule has 0 saturated heterocycles. The Balaban J connectivity index is 2.30. The Labute approximate surface area is 97.7 Å². The van der Waals surface area contributed by atoms with E-state index in [1.165, 1.54) is 6.42 Å². The molecule has 0 aromatic heterocycles. The lowest BCUT2D eigenvalue weighted by Gasteiger charge is -2.28. The van der Waals surface area contributed by atoms with Crippen molar-refractivity contribution in [2.45, 2.75) is 57.8 Å². The van der Waals surface area contributed by atoms with Gasteiger partial charge in [-0.05, 0) is 47.1 Å². The summed E-state index contributed by atoms with van der Waals surface area (Å²) in [6, 6.07) is -0.361. The predicted molar refractivity (Wildman–Crippen MR) is 62.3 cm³/mol. The van der Waals surface area contributed by atoms with Crippen LogP contribution in [0.2, 0.25) is 0 Å². The number of carbonyl (C=O) groups excluding carboxylic acids is 1. The van der Waals surface area contributed by atoms with E-state index < -0.39 is 5.60 Å². The number of hydrogen-bond donors (Lipinski definition) is 1. The first-order chi connectivity index (χ1) is 7.42. The van der Waals surface area contributed by atoms with Gasteiger partial charge in [0, 0.05) is 0 Å². The molecule has 4 heteroatoms. The number of hydrogen-bond acceptors (Lipinski definition) is 4. The van der Waals surface area contributed by atoms with Gasteiger partial charge in [0.25, 0.3) is 0 Å². The van der Waals surface area contributed by atoms with Crippen LogP contribution in [-0.2, 0) is 14.3 Å². The van der Waals surface area contributed by atoms with Gasteiger partial charge in [0.15, 0.2) is 0 Å². The van der Waals surface area contributed by atoms with Crippen molar-refractivity contribution in [3.63, 3.8) is 0 Å². The third-order valence-corrected chi connectivity index (χ3v) is 2.59. The molecular formula is C12H23NO3. The summed E-state index contributed by atoms with van der Waals surface area (Å²) in [6.07, 6.45) is 3.81. The fraction of sp³-hybridized carbons (Fsp3) is 0.917. The van der Waals surface area contributed by atoms with Crippen molar-refractivity contribution in [1.82, 2.24) is 5.32 Å². The topological polar surface area (TPSA) is 47.6 Å². The van der Waals surface area contributed by atoms with Crippen LogP contribution in [0.1, 0.15) is 40.0 Å². The second kappa shape index (κ2) is 5.64. The highest BCUT2D eigenvalue weighted by molar-refractivity contribution is 5.76. The van der Waals surface area contributed by atoms with Gasteiger partial charge in [-0.3, -0.25) is 4.79 Å². The van der Waals surface area contributed by atoms with E-state index in [1.54, 1.807) is 7.05 Å². The molecule has 0 aliphatic heterocycles. The van der Waals surface area contributed by atoms with Crippen LogP contribution >= 0.6 is 0 Å². The number of rotatable bonds is 5. The molecule has 1 atom stereocenters. The lowest BCUT2D eigenvalue weighted by molar-refractivity contribution is -0.160. The largest absolute Gasteiger partial charge is 0.459 e. The maximum absolute atomic E-state index is 11.7. The zero-order chi connectivity index (χ0) is 12.2. The quantitative estimate of drug-likeness (QED) is 0.725. The Morgan fingerprint density at radius 1 is 1.44 bits per heavy atom. The van der Waals surface area contributed by atoms with Gasteiger partial charge in [0.2, 0.25) is 0 Å². The average Bonchev–Trinajstić information content (AvgIpc) is 2.06. The van der Waals surface area contributed by atoms with Crippen LogP contribution in [0, 0.1) is 0 Å². The molecule has 16 heavy (non-hydrogen) atoms. The number of ether oxygens (including phenoxy) is 2. The minimum Gasteiger partial charge on any atom is -0.459 e. The number of nitrogens with one attached hydrogen (secondary N) is 1. The highest BCUT2D eigenvalue weighted by Crippen LogP contribution is 2.22. The third kappa shape index (κ3) is 4.49. The minimum absolute atomic E-state index is 0.241. The van der Waals surface area contributed by atoms with Crippen LogP contribution in [0.5, 0.6) is 0 Å². The molecule has 0 bridgehead atoms. The molecule has 1 N–H and O–H groups in total. The SMILES string of the molecule is CNC(COC1CCC1)C(=O)OC(C)(C)C. The summed E-state index contributed by atoms with van der Waals surface area (Å²) in [7, 11) is 1.75. The summed E-state index contributed by atoms with van der Waals surface area (Å²) in [5.74, 6) is -0.241. The second-order valence-electron chi connectivity index (χ2n) is 5.26. The van der Waals surface area contributed by atoms with Gasteiger partial charge >= 0.3 is 5.97 Å². The molecule has 1 rings (SSSR count). The van der Waals surface area contributed by atoms with Gasteiger partial charge < -0.3 is 14.8 Å². The van der Waals surface area contributed by atoms with Crippen molar-refractivity contribution in [3.05, 3.63) is 0 Å². The zero-order valence-corrected chi connectivity index (χ0v) is 10.7. The molecule has 0 spiro atoms. The summed E-state index contributed by atoms with van der Waals surface area (Å²) in [5.41, 5.74) is -0.442. The molecule has 0 aromatic rings. The molecule has 4 nitrogen and oxygen atoms in total. The normalized spacial score (nSPS) is 19.0. The second-order valence-corrected chi connectivity index (χ2v) is 5.26. The van der Waals surface area contributed by atoms with E-state index >= 15 is 0 Å². The fourth-order valence-corrected chi connectivity index (χ4v) is 1.41. The van der Waals surface area contributed by atoms with E-state index in [0.717, 1.165) is 12.8 Å². The van der Waals surface area contributed by atoms with Crippen LogP contribution in [0.4, 0.5) is 0 Å². The minimum atomic E-state index is -0.442. The van der Waals surface area contributed by atoms with Crippen LogP contribution in [0.15, 0.2) is 0 Å². The number of esters is 1. The van der Waals surface area contributed by atoms with Gasteiger partial charge in [-0.25, -0.2) is 0 Å². The van der Waals surface area contributed by atoms with Gasteiger partial charge in [0.05, 0.1) is 12.7 Å². The number of likely N-dealkylation sites (N-methyl/N-ethyl adjacent to an activating group) is 1. The Kier molecular flexibility index (Phi) is 4.74. The van der Waals surface area contributed by atoms with Crippen LogP contribution in [0.25, 0.3) is 0 Å². The van der Waals surface area contributed by atoms with E-state index in [-0.39, 0.29) is 12.0 Å². The van der Waals surface area contributed by atoms with E-state index in [2.05, 4.69) is 5.32 Å². The molecule has 1 aliphatic carbocycles. The number of carbonyl (C=O) groups is 1. The maximum Gasteiger partial charge on any atom is 0.326 e. The first-order valence-corrected chi connectivity index (χ1v) is 5.94. The van der Waals surface area contributed by atoms with Crippen LogP contribution in [-0.4, -0.2) is 37.4 Å². The molecule has 0 aromatic carbocycles. The molecule has 1 aliphatic rings. The fourth-order valence-electron chi connectivity index (χ4n) is 1.41. The monoisotopic (exact) mass is 229 g/mol. The smallest absolute Gasteiger partial charge is 0.326 e. The molecule has 1 fully saturated rings. The van der Waals surface area contributed by atoms with Crippen molar-refractivity contribution < 1.29 is 14.3 Å². The van der Waals surface area contributed by atoms with Crippen molar-refractivity contribution in [1.29, 1.82) is 0 Å². The molecule has 0 radical (unpaired) electrons. The molecule has 0 amide bonds. The first-order valence-electron chi connectivity index (χ1n) is 5.94. The van der Waals surface area contributed by atoms with Crippen molar-refractivity contribution in [2.75, 3.05) is 13.7 Å². The lowest BCUT2D eigenvalue weighted by Crippen LogP contribution is -2.43. The van der Waals surface area contributed by atoms with E-state index in [9.17, 15) is 4.79 Å².